The van der Waals surface area contributed by atoms with Crippen molar-refractivity contribution in [2.45, 2.75) is 11.0 Å². The Morgan fingerprint density at radius 2 is 1.62 bits per heavy atom. The second kappa shape index (κ2) is 11.3. The second-order valence-corrected chi connectivity index (χ2v) is 9.92. The molecule has 0 aliphatic rings. The number of sulfonamides is 1. The fourth-order valence-corrected chi connectivity index (χ4v) is 5.39. The van der Waals surface area contributed by atoms with E-state index in [2.05, 4.69) is 0 Å². The molecule has 7 nitrogen and oxygen atoms in total. The van der Waals surface area contributed by atoms with E-state index in [9.17, 15) is 13.5 Å². The highest BCUT2D eigenvalue weighted by atomic mass is 35.5. The van der Waals surface area contributed by atoms with E-state index >= 15 is 0 Å². The van der Waals surface area contributed by atoms with Crippen LogP contribution >= 0.6 is 23.2 Å². The summed E-state index contributed by atoms with van der Waals surface area (Å²) in [5.74, 6) is 0.661. The molecule has 34 heavy (non-hydrogen) atoms. The normalized spacial score (nSPS) is 12.3. The number of aliphatic hydroxyl groups excluding tert-OH is 1. The minimum atomic E-state index is -4.11. The van der Waals surface area contributed by atoms with Gasteiger partial charge in [0.25, 0.3) is 10.0 Å². The number of ether oxygens (including phenoxy) is 3. The molecular formula is C24H25Cl2NO6S. The van der Waals surface area contributed by atoms with E-state index in [-0.39, 0.29) is 35.0 Å². The lowest BCUT2D eigenvalue weighted by molar-refractivity contribution is 0.207. The van der Waals surface area contributed by atoms with Crippen LogP contribution in [0.3, 0.4) is 0 Å². The monoisotopic (exact) mass is 525 g/mol. The lowest BCUT2D eigenvalue weighted by atomic mass is 9.99. The minimum absolute atomic E-state index is 0.0168. The molecule has 3 aromatic carbocycles. The lowest BCUT2D eigenvalue weighted by Crippen LogP contribution is -2.35. The van der Waals surface area contributed by atoms with Crippen LogP contribution in [0.4, 0.5) is 5.69 Å². The van der Waals surface area contributed by atoms with Crippen molar-refractivity contribution in [2.75, 3.05) is 38.8 Å². The van der Waals surface area contributed by atoms with Crippen LogP contribution in [0.2, 0.25) is 10.0 Å². The Hall–Kier alpha value is -2.49. The Balaban J connectivity index is 2.18. The summed E-state index contributed by atoms with van der Waals surface area (Å²) >= 11 is 12.5. The van der Waals surface area contributed by atoms with Crippen LogP contribution < -0.4 is 13.8 Å². The third kappa shape index (κ3) is 5.42. The highest BCUT2D eigenvalue weighted by Gasteiger charge is 2.30. The van der Waals surface area contributed by atoms with Crippen LogP contribution in [0.1, 0.15) is 17.2 Å². The summed E-state index contributed by atoms with van der Waals surface area (Å²) in [6.07, 6.45) is -1.23. The summed E-state index contributed by atoms with van der Waals surface area (Å²) < 4.78 is 44.5. The minimum Gasteiger partial charge on any atom is -0.493 e. The molecular weight excluding hydrogens is 501 g/mol. The predicted molar refractivity (Wildman–Crippen MR) is 133 cm³/mol. The topological polar surface area (TPSA) is 85.3 Å². The Morgan fingerprint density at radius 1 is 0.912 bits per heavy atom. The van der Waals surface area contributed by atoms with Gasteiger partial charge in [-0.05, 0) is 36.4 Å². The van der Waals surface area contributed by atoms with Crippen LogP contribution in [0.25, 0.3) is 0 Å². The highest BCUT2D eigenvalue weighted by Crippen LogP contribution is 2.38. The summed E-state index contributed by atoms with van der Waals surface area (Å²) in [7, 11) is 0.250. The fraction of sp³-hybridized carbons (Fsp3) is 0.250. The number of aliphatic hydroxyl groups is 1. The third-order valence-electron chi connectivity index (χ3n) is 5.19. The van der Waals surface area contributed by atoms with Crippen molar-refractivity contribution in [1.82, 2.24) is 0 Å². The molecule has 0 aromatic heterocycles. The van der Waals surface area contributed by atoms with Crippen molar-refractivity contribution in [3.8, 4) is 11.5 Å². The first kappa shape index (κ1) is 26.1. The van der Waals surface area contributed by atoms with Crippen molar-refractivity contribution in [3.63, 3.8) is 0 Å². The number of methoxy groups -OCH3 is 3. The summed E-state index contributed by atoms with van der Waals surface area (Å²) in [4.78, 5) is -0.0191. The summed E-state index contributed by atoms with van der Waals surface area (Å²) in [6, 6.07) is 15.7. The van der Waals surface area contributed by atoms with E-state index in [0.29, 0.717) is 21.4 Å². The number of hydrogen-bond donors (Lipinski definition) is 1. The summed E-state index contributed by atoms with van der Waals surface area (Å²) in [5.41, 5.74) is 0.937. The molecule has 182 valence electrons. The van der Waals surface area contributed by atoms with E-state index < -0.39 is 16.1 Å². The molecule has 0 aliphatic heterocycles. The number of benzene rings is 3. The van der Waals surface area contributed by atoms with Crippen molar-refractivity contribution in [1.29, 1.82) is 0 Å². The summed E-state index contributed by atoms with van der Waals surface area (Å²) in [5, 5.41) is 11.9. The Bertz CT molecular complexity index is 1250. The van der Waals surface area contributed by atoms with Crippen LogP contribution in [-0.2, 0) is 14.8 Å². The zero-order valence-electron chi connectivity index (χ0n) is 18.9. The van der Waals surface area contributed by atoms with Crippen LogP contribution in [-0.4, -0.2) is 48.0 Å². The van der Waals surface area contributed by atoms with E-state index in [4.69, 9.17) is 37.4 Å². The molecule has 3 aromatic rings. The van der Waals surface area contributed by atoms with Crippen molar-refractivity contribution in [3.05, 3.63) is 81.8 Å². The molecule has 0 saturated carbocycles. The van der Waals surface area contributed by atoms with E-state index in [1.165, 1.54) is 49.9 Å². The fourth-order valence-electron chi connectivity index (χ4n) is 3.48. The molecule has 1 unspecified atom stereocenters. The first-order valence-electron chi connectivity index (χ1n) is 10.2. The molecule has 1 atom stereocenters. The predicted octanol–water partition coefficient (Wildman–Crippen LogP) is 4.93. The summed E-state index contributed by atoms with van der Waals surface area (Å²) in [6.45, 7) is 0.0911. The molecule has 0 spiro atoms. The van der Waals surface area contributed by atoms with Gasteiger partial charge >= 0.3 is 0 Å². The van der Waals surface area contributed by atoms with Crippen LogP contribution in [0.15, 0.2) is 65.6 Å². The van der Waals surface area contributed by atoms with Crippen LogP contribution in [0.5, 0.6) is 11.5 Å². The van der Waals surface area contributed by atoms with E-state index in [1.54, 1.807) is 36.4 Å². The lowest BCUT2D eigenvalue weighted by Gasteiger charge is -2.28. The number of anilines is 1. The Kier molecular flexibility index (Phi) is 8.67. The smallest absolute Gasteiger partial charge is 0.264 e. The van der Waals surface area contributed by atoms with Crippen molar-refractivity contribution >= 4 is 38.9 Å². The molecule has 0 radical (unpaired) electrons. The molecule has 0 heterocycles. The highest BCUT2D eigenvalue weighted by molar-refractivity contribution is 7.92. The van der Waals surface area contributed by atoms with Gasteiger partial charge in [-0.1, -0.05) is 41.4 Å². The van der Waals surface area contributed by atoms with Gasteiger partial charge in [0.15, 0.2) is 11.5 Å². The first-order valence-corrected chi connectivity index (χ1v) is 12.4. The Labute approximate surface area is 209 Å². The molecule has 0 amide bonds. The molecule has 0 aliphatic carbocycles. The van der Waals surface area contributed by atoms with Gasteiger partial charge in [-0.15, -0.1) is 0 Å². The molecule has 3 rings (SSSR count). The third-order valence-corrected chi connectivity index (χ3v) is 7.58. The molecule has 0 bridgehead atoms. The number of nitrogens with zero attached hydrogens (tertiary/aromatic N) is 1. The number of halogens is 2. The molecule has 0 saturated heterocycles. The molecule has 0 fully saturated rings. The number of hydrogen-bond acceptors (Lipinski definition) is 6. The average Bonchev–Trinajstić information content (AvgIpc) is 2.84. The average molecular weight is 526 g/mol. The molecule has 10 heteroatoms. The van der Waals surface area contributed by atoms with Gasteiger partial charge in [-0.2, -0.15) is 0 Å². The van der Waals surface area contributed by atoms with E-state index in [1.807, 2.05) is 0 Å². The Morgan fingerprint density at radius 3 is 2.26 bits per heavy atom. The SMILES string of the molecule is COCCN(c1ccc(Cl)cc1C(O)c1ccccc1Cl)S(=O)(=O)c1ccc(OC)c(OC)c1. The van der Waals surface area contributed by atoms with Crippen molar-refractivity contribution < 1.29 is 27.7 Å². The van der Waals surface area contributed by atoms with Gasteiger partial charge in [0, 0.05) is 34.3 Å². The van der Waals surface area contributed by atoms with Gasteiger partial charge in [0.05, 0.1) is 38.0 Å². The van der Waals surface area contributed by atoms with Gasteiger partial charge in [0.1, 0.15) is 6.10 Å². The maximum Gasteiger partial charge on any atom is 0.264 e. The zero-order chi connectivity index (χ0) is 24.9. The largest absolute Gasteiger partial charge is 0.493 e. The second-order valence-electron chi connectivity index (χ2n) is 7.21. The van der Waals surface area contributed by atoms with Crippen LogP contribution in [0, 0.1) is 0 Å². The van der Waals surface area contributed by atoms with Gasteiger partial charge in [-0.3, -0.25) is 4.31 Å². The standard InChI is InChI=1S/C24H25Cl2NO6S/c1-31-13-12-27(34(29,30)17-9-11-22(32-2)23(15-17)33-3)21-10-8-16(25)14-19(21)24(28)18-6-4-5-7-20(18)26/h4-11,14-15,24,28H,12-13H2,1-3H3. The van der Waals surface area contributed by atoms with Gasteiger partial charge in [-0.25, -0.2) is 8.42 Å². The maximum absolute atomic E-state index is 13.8. The zero-order valence-corrected chi connectivity index (χ0v) is 21.2. The van der Waals surface area contributed by atoms with Gasteiger partial charge < -0.3 is 19.3 Å². The van der Waals surface area contributed by atoms with Gasteiger partial charge in [0.2, 0.25) is 0 Å². The van der Waals surface area contributed by atoms with Crippen molar-refractivity contribution in [2.24, 2.45) is 0 Å². The maximum atomic E-state index is 13.8. The van der Waals surface area contributed by atoms with E-state index in [0.717, 1.165) is 0 Å². The number of rotatable bonds is 10. The first-order chi connectivity index (χ1) is 16.2. The molecule has 1 N–H and O–H groups in total. The quantitative estimate of drug-likeness (QED) is 0.403.